The van der Waals surface area contributed by atoms with E-state index in [0.29, 0.717) is 0 Å². The summed E-state index contributed by atoms with van der Waals surface area (Å²) in [5.74, 6) is 1.54. The van der Waals surface area contributed by atoms with E-state index < -0.39 is 0 Å². The van der Waals surface area contributed by atoms with E-state index in [-0.39, 0.29) is 23.9 Å². The van der Waals surface area contributed by atoms with E-state index in [1.165, 1.54) is 27.2 Å². The van der Waals surface area contributed by atoms with Gasteiger partial charge in [-0.25, -0.2) is 0 Å². The molecule has 2 aromatic rings. The number of carbonyl (C=O) groups is 1. The van der Waals surface area contributed by atoms with Gasteiger partial charge in [-0.1, -0.05) is 43.7 Å². The Morgan fingerprint density at radius 2 is 1.73 bits per heavy atom. The van der Waals surface area contributed by atoms with Gasteiger partial charge in [0.25, 0.3) is 0 Å². The maximum atomic E-state index is 12.5. The van der Waals surface area contributed by atoms with Crippen molar-refractivity contribution >= 4 is 5.91 Å². The van der Waals surface area contributed by atoms with Crippen LogP contribution in [0.15, 0.2) is 36.4 Å². The van der Waals surface area contributed by atoms with Crippen LogP contribution < -0.4 is 19.7 Å². The summed E-state index contributed by atoms with van der Waals surface area (Å²) in [7, 11) is 3.34. The molecule has 1 unspecified atom stereocenters. The Hall–Kier alpha value is -2.53. The highest BCUT2D eigenvalue weighted by Gasteiger charge is 2.37. The molecule has 1 aliphatic rings. The maximum absolute atomic E-state index is 12.5. The number of methoxy groups -OCH3 is 2. The number of fused-ring (bicyclic) bond motifs is 1. The third-order valence-corrected chi connectivity index (χ3v) is 6.08. The van der Waals surface area contributed by atoms with Gasteiger partial charge < -0.3 is 19.7 Å². The first-order valence-electron chi connectivity index (χ1n) is 10.8. The first kappa shape index (κ1) is 22.2. The number of benzene rings is 2. The zero-order chi connectivity index (χ0) is 21.8. The molecule has 30 heavy (non-hydrogen) atoms. The van der Waals surface area contributed by atoms with Gasteiger partial charge in [-0.3, -0.25) is 4.79 Å². The van der Waals surface area contributed by atoms with Crippen LogP contribution in [0.25, 0.3) is 0 Å². The molecule has 0 aliphatic carbocycles. The lowest BCUT2D eigenvalue weighted by molar-refractivity contribution is -0.948. The molecule has 1 heterocycles. The molecular formula is C25H35N2O3+. The molecule has 5 heteroatoms. The van der Waals surface area contributed by atoms with E-state index in [0.717, 1.165) is 31.0 Å². The molecule has 5 nitrogen and oxygen atoms in total. The second-order valence-electron chi connectivity index (χ2n) is 8.66. The van der Waals surface area contributed by atoms with Crippen molar-refractivity contribution in [1.82, 2.24) is 5.32 Å². The van der Waals surface area contributed by atoms with Crippen LogP contribution in [0.5, 0.6) is 11.5 Å². The Morgan fingerprint density at radius 1 is 1.10 bits per heavy atom. The van der Waals surface area contributed by atoms with Gasteiger partial charge in [0.05, 0.1) is 26.8 Å². The third-order valence-electron chi connectivity index (χ3n) is 6.08. The molecule has 162 valence electrons. The molecule has 0 saturated carbocycles. The number of hydrogen-bond donors (Lipinski definition) is 2. The Labute approximate surface area is 180 Å². The summed E-state index contributed by atoms with van der Waals surface area (Å²) < 4.78 is 11.1. The Kier molecular flexibility index (Phi) is 7.03. The number of hydrogen-bond acceptors (Lipinski definition) is 3. The molecule has 0 spiro atoms. The summed E-state index contributed by atoms with van der Waals surface area (Å²) in [6.45, 7) is 10.0. The van der Waals surface area contributed by atoms with Crippen molar-refractivity contribution < 1.29 is 19.2 Å². The molecule has 1 aliphatic heterocycles. The summed E-state index contributed by atoms with van der Waals surface area (Å²) in [4.78, 5) is 13.9. The van der Waals surface area contributed by atoms with Gasteiger partial charge in [0, 0.05) is 23.5 Å². The van der Waals surface area contributed by atoms with Crippen LogP contribution in [0.4, 0.5) is 0 Å². The van der Waals surface area contributed by atoms with E-state index in [1.807, 2.05) is 13.8 Å². The Bertz CT molecular complexity index is 877. The lowest BCUT2D eigenvalue weighted by Gasteiger charge is -2.38. The average molecular weight is 412 g/mol. The fourth-order valence-electron chi connectivity index (χ4n) is 4.38. The van der Waals surface area contributed by atoms with E-state index in [1.54, 1.807) is 14.2 Å². The molecule has 1 amide bonds. The molecule has 2 aromatic carbocycles. The van der Waals surface area contributed by atoms with Crippen molar-refractivity contribution in [1.29, 1.82) is 0 Å². The van der Waals surface area contributed by atoms with Gasteiger partial charge in [-0.2, -0.15) is 0 Å². The van der Waals surface area contributed by atoms with Crippen LogP contribution in [-0.2, 0) is 17.8 Å². The highest BCUT2D eigenvalue weighted by molar-refractivity contribution is 5.78. The smallest absolute Gasteiger partial charge is 0.222 e. The molecule has 0 saturated heterocycles. The van der Waals surface area contributed by atoms with Crippen molar-refractivity contribution in [2.45, 2.75) is 52.7 Å². The highest BCUT2D eigenvalue weighted by atomic mass is 16.5. The number of rotatable bonds is 7. The lowest BCUT2D eigenvalue weighted by atomic mass is 9.87. The van der Waals surface area contributed by atoms with E-state index in [4.69, 9.17) is 9.47 Å². The zero-order valence-electron chi connectivity index (χ0n) is 19.0. The van der Waals surface area contributed by atoms with Gasteiger partial charge >= 0.3 is 0 Å². The van der Waals surface area contributed by atoms with Gasteiger partial charge in [0.15, 0.2) is 11.5 Å². The number of amides is 1. The van der Waals surface area contributed by atoms with Crippen molar-refractivity contribution in [3.63, 3.8) is 0 Å². The predicted molar refractivity (Wildman–Crippen MR) is 119 cm³/mol. The summed E-state index contributed by atoms with van der Waals surface area (Å²) >= 11 is 0. The van der Waals surface area contributed by atoms with Crippen LogP contribution in [-0.4, -0.2) is 32.7 Å². The van der Waals surface area contributed by atoms with Crippen LogP contribution in [0.3, 0.4) is 0 Å². The van der Waals surface area contributed by atoms with Crippen molar-refractivity contribution in [2.24, 2.45) is 5.92 Å². The Balaban J connectivity index is 1.98. The molecule has 3 atom stereocenters. The fourth-order valence-corrected chi connectivity index (χ4v) is 4.38. The fraction of sp³-hybridized carbons (Fsp3) is 0.480. The normalized spacial score (nSPS) is 19.2. The first-order valence-corrected chi connectivity index (χ1v) is 10.8. The monoisotopic (exact) mass is 411 g/mol. The highest BCUT2D eigenvalue weighted by Crippen LogP contribution is 2.35. The summed E-state index contributed by atoms with van der Waals surface area (Å²) in [6, 6.07) is 13.1. The number of aryl methyl sites for hydroxylation is 1. The summed E-state index contributed by atoms with van der Waals surface area (Å²) in [6.07, 6.45) is 0.970. The van der Waals surface area contributed by atoms with Crippen LogP contribution >= 0.6 is 0 Å². The molecule has 3 rings (SSSR count). The average Bonchev–Trinajstić information content (AvgIpc) is 2.73. The van der Waals surface area contributed by atoms with Crippen LogP contribution in [0.2, 0.25) is 0 Å². The van der Waals surface area contributed by atoms with Gasteiger partial charge in [-0.05, 0) is 31.5 Å². The van der Waals surface area contributed by atoms with E-state index in [9.17, 15) is 4.79 Å². The topological polar surface area (TPSA) is 52.0 Å². The summed E-state index contributed by atoms with van der Waals surface area (Å²) in [5, 5.41) is 3.25. The van der Waals surface area contributed by atoms with Crippen molar-refractivity contribution in [3.8, 4) is 11.5 Å². The Morgan fingerprint density at radius 3 is 2.33 bits per heavy atom. The number of ether oxygens (including phenoxy) is 2. The minimum atomic E-state index is -0.0403. The quantitative estimate of drug-likeness (QED) is 0.737. The largest absolute Gasteiger partial charge is 0.493 e. The number of quaternary nitrogens is 1. The number of carbonyl (C=O) groups excluding carboxylic acids is 1. The molecule has 0 fully saturated rings. The maximum Gasteiger partial charge on any atom is 0.222 e. The SMILES string of the molecule is COc1cc2c(cc1OC)[C@@H]([C@@H](C)NC(=O)C(C)C)[NH+](Cc1ccc(C)cc1)CC2. The second-order valence-corrected chi connectivity index (χ2v) is 8.66. The predicted octanol–water partition coefficient (Wildman–Crippen LogP) is 2.86. The summed E-state index contributed by atoms with van der Waals surface area (Å²) in [5.41, 5.74) is 5.09. The van der Waals surface area contributed by atoms with Crippen LogP contribution in [0.1, 0.15) is 49.1 Å². The number of nitrogens with one attached hydrogen (secondary N) is 2. The van der Waals surface area contributed by atoms with E-state index in [2.05, 4.69) is 55.6 Å². The van der Waals surface area contributed by atoms with E-state index >= 15 is 0 Å². The zero-order valence-corrected chi connectivity index (χ0v) is 19.0. The molecule has 0 bridgehead atoms. The first-order chi connectivity index (χ1) is 14.3. The van der Waals surface area contributed by atoms with Crippen LogP contribution in [0, 0.1) is 12.8 Å². The minimum Gasteiger partial charge on any atom is -0.493 e. The molecule has 0 aromatic heterocycles. The molecular weight excluding hydrogens is 376 g/mol. The third kappa shape index (κ3) is 4.78. The lowest BCUT2D eigenvalue weighted by Crippen LogP contribution is -3.13. The van der Waals surface area contributed by atoms with Crippen molar-refractivity contribution in [2.75, 3.05) is 20.8 Å². The van der Waals surface area contributed by atoms with Gasteiger partial charge in [-0.15, -0.1) is 0 Å². The van der Waals surface area contributed by atoms with Gasteiger partial charge in [0.1, 0.15) is 12.6 Å². The van der Waals surface area contributed by atoms with Gasteiger partial charge in [0.2, 0.25) is 5.91 Å². The standard InChI is InChI=1S/C25H34N2O3/c1-16(2)25(28)26-18(4)24-21-14-23(30-6)22(29-5)13-20(21)11-12-27(24)15-19-9-7-17(3)8-10-19/h7-10,13-14,16,18,24H,11-12,15H2,1-6H3,(H,26,28)/p+1/t18-,24-/m1/s1. The molecule has 0 radical (unpaired) electrons. The second kappa shape index (κ2) is 9.52. The van der Waals surface area contributed by atoms with Crippen molar-refractivity contribution in [3.05, 3.63) is 58.7 Å². The molecule has 2 N–H and O–H groups in total. The minimum absolute atomic E-state index is 0.00232.